The number of hydrogen-bond donors (Lipinski definition) is 2. The van der Waals surface area contributed by atoms with Crippen LogP contribution in [0.2, 0.25) is 0 Å². The molecule has 23 heavy (non-hydrogen) atoms. The van der Waals surface area contributed by atoms with Crippen LogP contribution in [0.1, 0.15) is 45.1 Å². The number of alkyl halides is 2. The molecule has 0 unspecified atom stereocenters. The fourth-order valence-corrected chi connectivity index (χ4v) is 2.64. The summed E-state index contributed by atoms with van der Waals surface area (Å²) in [5.41, 5.74) is 0.148. The number of carbonyl (C=O) groups excluding carboxylic acids is 1. The van der Waals surface area contributed by atoms with Crippen LogP contribution in [-0.4, -0.2) is 22.9 Å². The van der Waals surface area contributed by atoms with Gasteiger partial charge in [-0.2, -0.15) is 0 Å². The highest BCUT2D eigenvalue weighted by Gasteiger charge is 2.37. The Morgan fingerprint density at radius 3 is 2.17 bits per heavy atom. The molecule has 0 atom stereocenters. The van der Waals surface area contributed by atoms with Crippen LogP contribution in [0.25, 0.3) is 0 Å². The van der Waals surface area contributed by atoms with Gasteiger partial charge in [-0.25, -0.2) is 8.78 Å². The summed E-state index contributed by atoms with van der Waals surface area (Å²) in [4.78, 5) is 23.3. The number of benzene rings is 1. The van der Waals surface area contributed by atoms with Crippen LogP contribution in [0.3, 0.4) is 0 Å². The lowest BCUT2D eigenvalue weighted by atomic mass is 9.84. The van der Waals surface area contributed by atoms with E-state index in [-0.39, 0.29) is 31.6 Å². The molecule has 1 saturated carbocycles. The number of hydrogen-bond acceptors (Lipinski definition) is 2. The summed E-state index contributed by atoms with van der Waals surface area (Å²) < 4.78 is 26.2. The summed E-state index contributed by atoms with van der Waals surface area (Å²) in [6.07, 6.45) is -0.139. The average Bonchev–Trinajstić information content (AvgIpc) is 2.47. The Morgan fingerprint density at radius 1 is 1.17 bits per heavy atom. The van der Waals surface area contributed by atoms with E-state index in [9.17, 15) is 23.5 Å². The van der Waals surface area contributed by atoms with Gasteiger partial charge < -0.3 is 10.4 Å². The molecule has 2 N–H and O–H groups in total. The molecule has 126 valence electrons. The van der Waals surface area contributed by atoms with Crippen molar-refractivity contribution < 1.29 is 23.5 Å². The minimum atomic E-state index is -2.65. The standard InChI is InChI=1S/C17H21F2NO3/c1-16(2,15(22)23)12-3-5-13(6-4-12)20-14(21)11-7-9-17(18,19)10-8-11/h3-6,11H,7-10H2,1-2H3,(H,20,21)(H,22,23). The Morgan fingerprint density at radius 2 is 1.70 bits per heavy atom. The van der Waals surface area contributed by atoms with Gasteiger partial charge in [-0.3, -0.25) is 9.59 Å². The van der Waals surface area contributed by atoms with E-state index >= 15 is 0 Å². The molecule has 6 heteroatoms. The van der Waals surface area contributed by atoms with Crippen LogP contribution < -0.4 is 5.32 Å². The van der Waals surface area contributed by atoms with Gasteiger partial charge in [0.25, 0.3) is 0 Å². The van der Waals surface area contributed by atoms with Crippen molar-refractivity contribution in [3.8, 4) is 0 Å². The summed E-state index contributed by atoms with van der Waals surface area (Å²) in [7, 11) is 0. The largest absolute Gasteiger partial charge is 0.481 e. The molecule has 1 fully saturated rings. The van der Waals surface area contributed by atoms with Crippen LogP contribution in [0.4, 0.5) is 14.5 Å². The predicted octanol–water partition coefficient (Wildman–Crippen LogP) is 3.81. The molecule has 1 aromatic rings. The molecule has 1 aromatic carbocycles. The summed E-state index contributed by atoms with van der Waals surface area (Å²) in [5, 5.41) is 11.9. The van der Waals surface area contributed by atoms with Gasteiger partial charge >= 0.3 is 5.97 Å². The van der Waals surface area contributed by atoms with E-state index in [0.29, 0.717) is 11.3 Å². The first-order valence-electron chi connectivity index (χ1n) is 7.64. The topological polar surface area (TPSA) is 66.4 Å². The van der Waals surface area contributed by atoms with Gasteiger partial charge in [0.1, 0.15) is 0 Å². The Balaban J connectivity index is 1.99. The molecule has 1 aliphatic rings. The summed E-state index contributed by atoms with van der Waals surface area (Å²) >= 11 is 0. The van der Waals surface area contributed by atoms with Crippen LogP contribution in [0.15, 0.2) is 24.3 Å². The maximum Gasteiger partial charge on any atom is 0.313 e. The van der Waals surface area contributed by atoms with Crippen molar-refractivity contribution in [1.29, 1.82) is 0 Å². The molecule has 0 heterocycles. The van der Waals surface area contributed by atoms with Crippen LogP contribution >= 0.6 is 0 Å². The number of nitrogens with one attached hydrogen (secondary N) is 1. The van der Waals surface area contributed by atoms with E-state index in [1.807, 2.05) is 0 Å². The fraction of sp³-hybridized carbons (Fsp3) is 0.529. The second-order valence-electron chi connectivity index (χ2n) is 6.63. The molecule has 2 rings (SSSR count). The smallest absolute Gasteiger partial charge is 0.313 e. The quantitative estimate of drug-likeness (QED) is 0.884. The van der Waals surface area contributed by atoms with Gasteiger partial charge in [-0.15, -0.1) is 0 Å². The number of carboxylic acids is 1. The molecule has 1 amide bonds. The van der Waals surface area contributed by atoms with E-state index in [4.69, 9.17) is 0 Å². The number of rotatable bonds is 4. The fourth-order valence-electron chi connectivity index (χ4n) is 2.64. The van der Waals surface area contributed by atoms with Gasteiger partial charge in [0, 0.05) is 24.4 Å². The van der Waals surface area contributed by atoms with Gasteiger partial charge in [0.15, 0.2) is 0 Å². The van der Waals surface area contributed by atoms with Crippen LogP contribution in [0, 0.1) is 5.92 Å². The van der Waals surface area contributed by atoms with Crippen molar-refractivity contribution in [3.05, 3.63) is 29.8 Å². The number of anilines is 1. The average molecular weight is 325 g/mol. The third-order valence-electron chi connectivity index (χ3n) is 4.50. The second-order valence-corrected chi connectivity index (χ2v) is 6.63. The maximum atomic E-state index is 13.1. The van der Waals surface area contributed by atoms with Crippen LogP contribution in [-0.2, 0) is 15.0 Å². The molecule has 0 radical (unpaired) electrons. The van der Waals surface area contributed by atoms with E-state index in [1.54, 1.807) is 38.1 Å². The van der Waals surface area contributed by atoms with Crippen molar-refractivity contribution in [2.45, 2.75) is 50.9 Å². The number of aliphatic carboxylic acids is 1. The third kappa shape index (κ3) is 4.06. The highest BCUT2D eigenvalue weighted by molar-refractivity contribution is 5.92. The highest BCUT2D eigenvalue weighted by atomic mass is 19.3. The molecule has 4 nitrogen and oxygen atoms in total. The minimum Gasteiger partial charge on any atom is -0.481 e. The lowest BCUT2D eigenvalue weighted by molar-refractivity contribution is -0.142. The second kappa shape index (κ2) is 6.26. The summed E-state index contributed by atoms with van der Waals surface area (Å²) in [6, 6.07) is 6.57. The van der Waals surface area contributed by atoms with Crippen LogP contribution in [0.5, 0.6) is 0 Å². The molecule has 0 aliphatic heterocycles. The number of carbonyl (C=O) groups is 2. The Bertz CT molecular complexity index is 586. The summed E-state index contributed by atoms with van der Waals surface area (Å²) in [5.74, 6) is -4.24. The maximum absolute atomic E-state index is 13.1. The number of amides is 1. The van der Waals surface area contributed by atoms with E-state index < -0.39 is 23.2 Å². The number of carboxylic acid groups (broad SMARTS) is 1. The predicted molar refractivity (Wildman–Crippen MR) is 82.6 cm³/mol. The first-order valence-corrected chi connectivity index (χ1v) is 7.64. The zero-order chi connectivity index (χ0) is 17.3. The molecular weight excluding hydrogens is 304 g/mol. The molecule has 0 spiro atoms. The van der Waals surface area contributed by atoms with Gasteiger partial charge in [0.05, 0.1) is 5.41 Å². The van der Waals surface area contributed by atoms with Crippen molar-refractivity contribution in [2.24, 2.45) is 5.92 Å². The zero-order valence-corrected chi connectivity index (χ0v) is 13.2. The Labute approximate surface area is 133 Å². The molecule has 1 aliphatic carbocycles. The summed E-state index contributed by atoms with van der Waals surface area (Å²) in [6.45, 7) is 3.20. The normalized spacial score (nSPS) is 18.4. The van der Waals surface area contributed by atoms with Crippen molar-refractivity contribution in [3.63, 3.8) is 0 Å². The minimum absolute atomic E-state index is 0.183. The van der Waals surface area contributed by atoms with E-state index in [1.165, 1.54) is 0 Å². The molecule has 0 saturated heterocycles. The van der Waals surface area contributed by atoms with Gasteiger partial charge in [0.2, 0.25) is 11.8 Å². The molecule has 0 aromatic heterocycles. The Hall–Kier alpha value is -1.98. The third-order valence-corrected chi connectivity index (χ3v) is 4.50. The molecule has 0 bridgehead atoms. The zero-order valence-electron chi connectivity index (χ0n) is 13.2. The van der Waals surface area contributed by atoms with Gasteiger partial charge in [-0.05, 0) is 44.4 Å². The Kier molecular flexibility index (Phi) is 4.73. The van der Waals surface area contributed by atoms with Crippen molar-refractivity contribution in [1.82, 2.24) is 0 Å². The monoisotopic (exact) mass is 325 g/mol. The SMILES string of the molecule is CC(C)(C(=O)O)c1ccc(NC(=O)C2CCC(F)(F)CC2)cc1. The first kappa shape index (κ1) is 17.4. The first-order chi connectivity index (χ1) is 10.6. The lowest BCUT2D eigenvalue weighted by Gasteiger charge is -2.27. The van der Waals surface area contributed by atoms with E-state index in [2.05, 4.69) is 5.32 Å². The molecular formula is C17H21F2NO3. The lowest BCUT2D eigenvalue weighted by Crippen LogP contribution is -2.32. The van der Waals surface area contributed by atoms with E-state index in [0.717, 1.165) is 0 Å². The van der Waals surface area contributed by atoms with Crippen molar-refractivity contribution >= 4 is 17.6 Å². The van der Waals surface area contributed by atoms with Crippen molar-refractivity contribution in [2.75, 3.05) is 5.32 Å². The number of halogens is 2. The van der Waals surface area contributed by atoms with Gasteiger partial charge in [-0.1, -0.05) is 12.1 Å². The highest BCUT2D eigenvalue weighted by Crippen LogP contribution is 2.36.